The van der Waals surface area contributed by atoms with Crippen molar-refractivity contribution in [3.63, 3.8) is 0 Å². The van der Waals surface area contributed by atoms with Gasteiger partial charge in [0.15, 0.2) is 0 Å². The minimum Gasteiger partial charge on any atom is -0.494 e. The fourth-order valence-corrected chi connectivity index (χ4v) is 6.22. The van der Waals surface area contributed by atoms with Crippen LogP contribution in [-0.4, -0.2) is 56.1 Å². The first-order valence-corrected chi connectivity index (χ1v) is 17.1. The Balaban J connectivity index is 1.92. The van der Waals surface area contributed by atoms with E-state index in [0.717, 1.165) is 11.8 Å². The van der Waals surface area contributed by atoms with Crippen molar-refractivity contribution in [2.45, 2.75) is 65.1 Å². The molecular formula is C33H41Cl2N3O5S. The zero-order valence-corrected chi connectivity index (χ0v) is 28.2. The first kappa shape index (κ1) is 35.2. The minimum atomic E-state index is -3.64. The number of hydrogen-bond donors (Lipinski definition) is 1. The number of sulfonamides is 1. The standard InChI is InChI=1S/C33H41Cl2N3O5S/c1-6-43-26-19-17-25(18-20-26)38(44(5,41)42)21-11-16-31(39)37(23-27-28(34)14-10-15-29(27)35)30(32(40)36-33(2,3)4)22-24-12-8-7-9-13-24/h7-10,12-15,17-20,30H,6,11,16,21-23H2,1-5H3,(H,36,40)/t30-/m0/s1. The zero-order chi connectivity index (χ0) is 32.5. The molecule has 238 valence electrons. The number of benzene rings is 3. The third-order valence-corrected chi connectivity index (χ3v) is 8.65. The van der Waals surface area contributed by atoms with Crippen LogP contribution in [0.25, 0.3) is 0 Å². The van der Waals surface area contributed by atoms with Gasteiger partial charge in [0.05, 0.1) is 18.6 Å². The van der Waals surface area contributed by atoms with Crippen LogP contribution in [0.5, 0.6) is 5.75 Å². The molecule has 3 rings (SSSR count). The Labute approximate surface area is 271 Å². The second-order valence-corrected chi connectivity index (χ2v) is 14.3. The highest BCUT2D eigenvalue weighted by molar-refractivity contribution is 7.92. The Kier molecular flexibility index (Phi) is 12.5. The van der Waals surface area contributed by atoms with E-state index in [2.05, 4.69) is 5.32 Å². The number of amides is 2. The molecule has 0 aromatic heterocycles. The molecule has 8 nitrogen and oxygen atoms in total. The van der Waals surface area contributed by atoms with Crippen LogP contribution in [-0.2, 0) is 32.6 Å². The fourth-order valence-electron chi connectivity index (χ4n) is 4.74. The minimum absolute atomic E-state index is 0.00108. The van der Waals surface area contributed by atoms with Gasteiger partial charge in [0, 0.05) is 47.1 Å². The van der Waals surface area contributed by atoms with Crippen molar-refractivity contribution in [2.24, 2.45) is 0 Å². The van der Waals surface area contributed by atoms with Gasteiger partial charge in [0.1, 0.15) is 11.8 Å². The van der Waals surface area contributed by atoms with E-state index >= 15 is 0 Å². The van der Waals surface area contributed by atoms with Gasteiger partial charge in [-0.05, 0) is 76.1 Å². The summed E-state index contributed by atoms with van der Waals surface area (Å²) >= 11 is 13.0. The topological polar surface area (TPSA) is 96.0 Å². The predicted octanol–water partition coefficient (Wildman–Crippen LogP) is 6.49. The van der Waals surface area contributed by atoms with Crippen LogP contribution in [0.3, 0.4) is 0 Å². The van der Waals surface area contributed by atoms with Gasteiger partial charge < -0.3 is 15.0 Å². The summed E-state index contributed by atoms with van der Waals surface area (Å²) in [5, 5.41) is 3.78. The van der Waals surface area contributed by atoms with Crippen LogP contribution in [0.15, 0.2) is 72.8 Å². The van der Waals surface area contributed by atoms with Crippen molar-refractivity contribution < 1.29 is 22.7 Å². The molecule has 0 saturated carbocycles. The summed E-state index contributed by atoms with van der Waals surface area (Å²) < 4.78 is 32.2. The number of carbonyl (C=O) groups is 2. The van der Waals surface area contributed by atoms with Gasteiger partial charge in [-0.2, -0.15) is 0 Å². The zero-order valence-electron chi connectivity index (χ0n) is 25.8. The van der Waals surface area contributed by atoms with E-state index in [1.807, 2.05) is 58.0 Å². The van der Waals surface area contributed by atoms with E-state index in [1.54, 1.807) is 42.5 Å². The van der Waals surface area contributed by atoms with Crippen LogP contribution in [0.1, 0.15) is 51.7 Å². The fraction of sp³-hybridized carbons (Fsp3) is 0.394. The highest BCUT2D eigenvalue weighted by Crippen LogP contribution is 2.28. The van der Waals surface area contributed by atoms with E-state index in [4.69, 9.17) is 27.9 Å². The highest BCUT2D eigenvalue weighted by Gasteiger charge is 2.33. The second kappa shape index (κ2) is 15.6. The van der Waals surface area contributed by atoms with Crippen LogP contribution in [0, 0.1) is 0 Å². The second-order valence-electron chi connectivity index (χ2n) is 11.5. The first-order chi connectivity index (χ1) is 20.7. The molecule has 3 aromatic carbocycles. The number of hydrogen-bond acceptors (Lipinski definition) is 5. The van der Waals surface area contributed by atoms with Gasteiger partial charge in [0.2, 0.25) is 21.8 Å². The maximum atomic E-state index is 14.0. The molecule has 0 bridgehead atoms. The molecule has 1 atom stereocenters. The monoisotopic (exact) mass is 661 g/mol. The lowest BCUT2D eigenvalue weighted by Gasteiger charge is -2.34. The van der Waals surface area contributed by atoms with E-state index in [1.165, 1.54) is 9.21 Å². The van der Waals surface area contributed by atoms with E-state index in [0.29, 0.717) is 33.7 Å². The SMILES string of the molecule is CCOc1ccc(N(CCCC(=O)N(Cc2c(Cl)cccc2Cl)[C@@H](Cc2ccccc2)C(=O)NC(C)(C)C)S(C)(=O)=O)cc1. The summed E-state index contributed by atoms with van der Waals surface area (Å²) in [5.74, 6) is -0.0112. The molecule has 44 heavy (non-hydrogen) atoms. The van der Waals surface area contributed by atoms with Gasteiger partial charge in [0.25, 0.3) is 0 Å². The molecule has 0 aliphatic carbocycles. The van der Waals surface area contributed by atoms with Crippen LogP contribution in [0.2, 0.25) is 10.0 Å². The molecule has 0 aliphatic rings. The number of ether oxygens (including phenoxy) is 1. The Morgan fingerprint density at radius 1 is 0.932 bits per heavy atom. The van der Waals surface area contributed by atoms with Gasteiger partial charge >= 0.3 is 0 Å². The Morgan fingerprint density at radius 3 is 2.09 bits per heavy atom. The molecule has 11 heteroatoms. The molecule has 0 fully saturated rings. The smallest absolute Gasteiger partial charge is 0.243 e. The molecule has 0 aliphatic heterocycles. The summed E-state index contributed by atoms with van der Waals surface area (Å²) in [4.78, 5) is 29.3. The Bertz CT molecular complexity index is 1490. The average Bonchev–Trinajstić information content (AvgIpc) is 2.94. The van der Waals surface area contributed by atoms with E-state index in [9.17, 15) is 18.0 Å². The van der Waals surface area contributed by atoms with Gasteiger partial charge in [-0.1, -0.05) is 59.6 Å². The van der Waals surface area contributed by atoms with Crippen LogP contribution >= 0.6 is 23.2 Å². The molecular weight excluding hydrogens is 621 g/mol. The quantitative estimate of drug-likeness (QED) is 0.213. The average molecular weight is 663 g/mol. The van der Waals surface area contributed by atoms with Crippen LogP contribution in [0.4, 0.5) is 5.69 Å². The third kappa shape index (κ3) is 10.4. The predicted molar refractivity (Wildman–Crippen MR) is 178 cm³/mol. The number of rotatable bonds is 14. The lowest BCUT2D eigenvalue weighted by molar-refractivity contribution is -0.142. The van der Waals surface area contributed by atoms with Crippen LogP contribution < -0.4 is 14.4 Å². The molecule has 1 N–H and O–H groups in total. The maximum absolute atomic E-state index is 14.0. The lowest BCUT2D eigenvalue weighted by Crippen LogP contribution is -2.54. The van der Waals surface area contributed by atoms with Gasteiger partial charge in [-0.3, -0.25) is 13.9 Å². The molecule has 0 heterocycles. The summed E-state index contributed by atoms with van der Waals surface area (Å²) in [6.07, 6.45) is 1.59. The number of nitrogens with one attached hydrogen (secondary N) is 1. The summed E-state index contributed by atoms with van der Waals surface area (Å²) in [7, 11) is -3.64. The number of nitrogens with zero attached hydrogens (tertiary/aromatic N) is 2. The maximum Gasteiger partial charge on any atom is 0.243 e. The van der Waals surface area contributed by atoms with Crippen molar-refractivity contribution in [1.82, 2.24) is 10.2 Å². The normalized spacial score (nSPS) is 12.3. The largest absolute Gasteiger partial charge is 0.494 e. The van der Waals surface area contributed by atoms with E-state index < -0.39 is 21.6 Å². The van der Waals surface area contributed by atoms with Crippen molar-refractivity contribution in [3.8, 4) is 5.75 Å². The number of halogens is 2. The first-order valence-electron chi connectivity index (χ1n) is 14.5. The molecule has 2 amide bonds. The van der Waals surface area contributed by atoms with Gasteiger partial charge in [-0.25, -0.2) is 8.42 Å². The summed E-state index contributed by atoms with van der Waals surface area (Å²) in [6.45, 7) is 8.06. The van der Waals surface area contributed by atoms with Crippen molar-refractivity contribution in [1.29, 1.82) is 0 Å². The Hall–Kier alpha value is -3.27. The third-order valence-electron chi connectivity index (χ3n) is 6.75. The molecule has 0 radical (unpaired) electrons. The highest BCUT2D eigenvalue weighted by atomic mass is 35.5. The molecule has 0 unspecified atom stereocenters. The molecule has 0 spiro atoms. The van der Waals surface area contributed by atoms with Gasteiger partial charge in [-0.15, -0.1) is 0 Å². The number of carbonyl (C=O) groups excluding carboxylic acids is 2. The van der Waals surface area contributed by atoms with E-state index in [-0.39, 0.29) is 44.2 Å². The number of anilines is 1. The summed E-state index contributed by atoms with van der Waals surface area (Å²) in [6, 6.07) is 20.4. The Morgan fingerprint density at radius 2 is 1.55 bits per heavy atom. The molecule has 3 aromatic rings. The summed E-state index contributed by atoms with van der Waals surface area (Å²) in [5.41, 5.74) is 1.33. The van der Waals surface area contributed by atoms with Crippen molar-refractivity contribution >= 4 is 50.7 Å². The molecule has 0 saturated heterocycles. The van der Waals surface area contributed by atoms with Crippen molar-refractivity contribution in [3.05, 3.63) is 94.0 Å². The van der Waals surface area contributed by atoms with Crippen molar-refractivity contribution in [2.75, 3.05) is 23.7 Å². The lowest BCUT2D eigenvalue weighted by atomic mass is 10.00.